The molecular formula is C15H20F3NO. The molecule has 2 atom stereocenters. The Bertz CT molecular complexity index is 447. The first-order chi connectivity index (χ1) is 9.65. The number of halogens is 3. The Morgan fingerprint density at radius 3 is 2.75 bits per heavy atom. The highest BCUT2D eigenvalue weighted by Gasteiger charge is 2.29. The number of hydrogen-bond donors (Lipinski definition) is 1. The molecule has 0 bridgehead atoms. The molecule has 20 heavy (non-hydrogen) atoms. The maximum atomic E-state index is 14.0. The minimum Gasteiger partial charge on any atom is -0.381 e. The standard InChI is InChI=1S/C15H20F3NO/c1-2-7-19-15(10-4-3-8-20-9-10)11-5-6-12(16)14(18)13(11)17/h5-6,10,15,19H,2-4,7-9H2,1H3. The molecule has 0 aliphatic carbocycles. The van der Waals surface area contributed by atoms with Gasteiger partial charge in [-0.2, -0.15) is 0 Å². The lowest BCUT2D eigenvalue weighted by molar-refractivity contribution is 0.0384. The van der Waals surface area contributed by atoms with Crippen LogP contribution < -0.4 is 5.32 Å². The maximum absolute atomic E-state index is 14.0. The van der Waals surface area contributed by atoms with E-state index in [1.807, 2.05) is 6.92 Å². The Morgan fingerprint density at radius 1 is 1.30 bits per heavy atom. The number of benzene rings is 1. The van der Waals surface area contributed by atoms with Crippen LogP contribution in [-0.4, -0.2) is 19.8 Å². The van der Waals surface area contributed by atoms with Crippen LogP contribution in [-0.2, 0) is 4.74 Å². The molecule has 1 aromatic carbocycles. The topological polar surface area (TPSA) is 21.3 Å². The van der Waals surface area contributed by atoms with Crippen molar-refractivity contribution in [2.45, 2.75) is 32.2 Å². The van der Waals surface area contributed by atoms with Crippen molar-refractivity contribution in [2.24, 2.45) is 5.92 Å². The number of hydrogen-bond acceptors (Lipinski definition) is 2. The van der Waals surface area contributed by atoms with Gasteiger partial charge in [0.2, 0.25) is 0 Å². The van der Waals surface area contributed by atoms with Crippen molar-refractivity contribution in [3.63, 3.8) is 0 Å². The average molecular weight is 287 g/mol. The smallest absolute Gasteiger partial charge is 0.194 e. The van der Waals surface area contributed by atoms with Crippen molar-refractivity contribution in [3.8, 4) is 0 Å². The van der Waals surface area contributed by atoms with E-state index in [0.717, 1.165) is 25.3 Å². The summed E-state index contributed by atoms with van der Waals surface area (Å²) in [7, 11) is 0. The predicted molar refractivity (Wildman–Crippen MR) is 70.9 cm³/mol. The van der Waals surface area contributed by atoms with E-state index in [9.17, 15) is 13.2 Å². The van der Waals surface area contributed by atoms with E-state index in [1.165, 1.54) is 6.07 Å². The fourth-order valence-corrected chi connectivity index (χ4v) is 2.64. The van der Waals surface area contributed by atoms with Crippen LogP contribution in [0.3, 0.4) is 0 Å². The molecule has 2 rings (SSSR count). The fourth-order valence-electron chi connectivity index (χ4n) is 2.64. The normalized spacial score (nSPS) is 20.9. The molecule has 0 radical (unpaired) electrons. The first-order valence-corrected chi connectivity index (χ1v) is 7.09. The van der Waals surface area contributed by atoms with Gasteiger partial charge in [-0.05, 0) is 31.9 Å². The lowest BCUT2D eigenvalue weighted by Gasteiger charge is -2.31. The molecule has 0 spiro atoms. The molecule has 1 aliphatic rings. The first kappa shape index (κ1) is 15.3. The minimum atomic E-state index is -1.40. The number of ether oxygens (including phenoxy) is 1. The molecule has 0 amide bonds. The Morgan fingerprint density at radius 2 is 2.10 bits per heavy atom. The van der Waals surface area contributed by atoms with Gasteiger partial charge in [0.1, 0.15) is 0 Å². The molecule has 1 fully saturated rings. The van der Waals surface area contributed by atoms with Gasteiger partial charge in [0.05, 0.1) is 6.61 Å². The van der Waals surface area contributed by atoms with Crippen molar-refractivity contribution >= 4 is 0 Å². The molecule has 1 aliphatic heterocycles. The quantitative estimate of drug-likeness (QED) is 0.836. The summed E-state index contributed by atoms with van der Waals surface area (Å²) in [5.41, 5.74) is 0.188. The third-order valence-corrected chi connectivity index (χ3v) is 3.68. The van der Waals surface area contributed by atoms with E-state index >= 15 is 0 Å². The first-order valence-electron chi connectivity index (χ1n) is 7.09. The average Bonchev–Trinajstić information content (AvgIpc) is 2.48. The highest BCUT2D eigenvalue weighted by Crippen LogP contribution is 2.31. The molecule has 1 aromatic rings. The van der Waals surface area contributed by atoms with Crippen LogP contribution in [0.5, 0.6) is 0 Å². The maximum Gasteiger partial charge on any atom is 0.194 e. The third-order valence-electron chi connectivity index (χ3n) is 3.68. The monoisotopic (exact) mass is 287 g/mol. The SMILES string of the molecule is CCCNC(c1ccc(F)c(F)c1F)C1CCCOC1. The van der Waals surface area contributed by atoms with E-state index in [0.29, 0.717) is 19.8 Å². The van der Waals surface area contributed by atoms with Crippen molar-refractivity contribution in [1.82, 2.24) is 5.32 Å². The van der Waals surface area contributed by atoms with Gasteiger partial charge in [-0.1, -0.05) is 13.0 Å². The molecular weight excluding hydrogens is 267 g/mol. The molecule has 0 aromatic heterocycles. The third kappa shape index (κ3) is 3.33. The summed E-state index contributed by atoms with van der Waals surface area (Å²) < 4.78 is 45.9. The van der Waals surface area contributed by atoms with Crippen molar-refractivity contribution in [2.75, 3.05) is 19.8 Å². The highest BCUT2D eigenvalue weighted by molar-refractivity contribution is 5.24. The zero-order chi connectivity index (χ0) is 14.5. The van der Waals surface area contributed by atoms with E-state index in [2.05, 4.69) is 5.32 Å². The van der Waals surface area contributed by atoms with Crippen LogP contribution in [0.2, 0.25) is 0 Å². The molecule has 1 saturated heterocycles. The van der Waals surface area contributed by atoms with Crippen LogP contribution in [0.15, 0.2) is 12.1 Å². The molecule has 5 heteroatoms. The van der Waals surface area contributed by atoms with E-state index in [4.69, 9.17) is 4.74 Å². The van der Waals surface area contributed by atoms with Gasteiger partial charge < -0.3 is 10.1 Å². The summed E-state index contributed by atoms with van der Waals surface area (Å²) in [6.07, 6.45) is 2.68. The largest absolute Gasteiger partial charge is 0.381 e. The van der Waals surface area contributed by atoms with Gasteiger partial charge in [0, 0.05) is 24.1 Å². The summed E-state index contributed by atoms with van der Waals surface area (Å²) >= 11 is 0. The Labute approximate surface area is 117 Å². The van der Waals surface area contributed by atoms with Crippen molar-refractivity contribution in [1.29, 1.82) is 0 Å². The molecule has 1 N–H and O–H groups in total. The predicted octanol–water partition coefficient (Wildman–Crippen LogP) is 3.57. The summed E-state index contributed by atoms with van der Waals surface area (Å²) in [5, 5.41) is 3.23. The Hall–Kier alpha value is -1.07. The Kier molecular flexibility index (Phi) is 5.43. The summed E-state index contributed by atoms with van der Waals surface area (Å²) in [6, 6.07) is 1.97. The molecule has 2 nitrogen and oxygen atoms in total. The number of nitrogens with one attached hydrogen (secondary N) is 1. The van der Waals surface area contributed by atoms with Gasteiger partial charge in [-0.25, -0.2) is 13.2 Å². The fraction of sp³-hybridized carbons (Fsp3) is 0.600. The van der Waals surface area contributed by atoms with Crippen molar-refractivity contribution < 1.29 is 17.9 Å². The van der Waals surface area contributed by atoms with Crippen LogP contribution in [0, 0.1) is 23.4 Å². The van der Waals surface area contributed by atoms with Crippen LogP contribution in [0.1, 0.15) is 37.8 Å². The lowest BCUT2D eigenvalue weighted by atomic mass is 9.88. The molecule has 0 saturated carbocycles. The van der Waals surface area contributed by atoms with Gasteiger partial charge >= 0.3 is 0 Å². The second kappa shape index (κ2) is 7.09. The van der Waals surface area contributed by atoms with Gasteiger partial charge in [0.15, 0.2) is 17.5 Å². The van der Waals surface area contributed by atoms with E-state index in [-0.39, 0.29) is 17.5 Å². The molecule has 1 heterocycles. The van der Waals surface area contributed by atoms with E-state index in [1.54, 1.807) is 0 Å². The number of rotatable bonds is 5. The van der Waals surface area contributed by atoms with Crippen LogP contribution in [0.25, 0.3) is 0 Å². The highest BCUT2D eigenvalue weighted by atomic mass is 19.2. The second-order valence-corrected chi connectivity index (χ2v) is 5.17. The summed E-state index contributed by atoms with van der Waals surface area (Å²) in [4.78, 5) is 0. The van der Waals surface area contributed by atoms with Crippen molar-refractivity contribution in [3.05, 3.63) is 35.1 Å². The zero-order valence-electron chi connectivity index (χ0n) is 11.6. The summed E-state index contributed by atoms with van der Waals surface area (Å²) in [5.74, 6) is -3.57. The van der Waals surface area contributed by atoms with Gasteiger partial charge in [-0.15, -0.1) is 0 Å². The van der Waals surface area contributed by atoms with Gasteiger partial charge in [0.25, 0.3) is 0 Å². The Balaban J connectivity index is 2.27. The molecule has 112 valence electrons. The van der Waals surface area contributed by atoms with Crippen LogP contribution >= 0.6 is 0 Å². The molecule has 2 unspecified atom stereocenters. The van der Waals surface area contributed by atoms with Gasteiger partial charge in [-0.3, -0.25) is 0 Å². The zero-order valence-corrected chi connectivity index (χ0v) is 11.6. The lowest BCUT2D eigenvalue weighted by Crippen LogP contribution is -2.34. The van der Waals surface area contributed by atoms with E-state index < -0.39 is 17.5 Å². The van der Waals surface area contributed by atoms with Crippen LogP contribution in [0.4, 0.5) is 13.2 Å². The summed E-state index contributed by atoms with van der Waals surface area (Å²) in [6.45, 7) is 3.92. The second-order valence-electron chi connectivity index (χ2n) is 5.17. The minimum absolute atomic E-state index is 0.0784.